The molecule has 7 nitrogen and oxygen atoms in total. The van der Waals surface area contributed by atoms with Gasteiger partial charge in [-0.2, -0.15) is 0 Å². The molecule has 7 heteroatoms. The molecule has 0 radical (unpaired) electrons. The molecule has 108 valence electrons. The Morgan fingerprint density at radius 2 is 2.25 bits per heavy atom. The monoisotopic (exact) mass is 279 g/mol. The van der Waals surface area contributed by atoms with Crippen molar-refractivity contribution in [2.45, 2.75) is 19.0 Å². The Labute approximate surface area is 116 Å². The lowest BCUT2D eigenvalue weighted by Crippen LogP contribution is -2.55. The van der Waals surface area contributed by atoms with Crippen LogP contribution in [0.1, 0.15) is 18.5 Å². The van der Waals surface area contributed by atoms with Gasteiger partial charge in [-0.1, -0.05) is 18.2 Å². The summed E-state index contributed by atoms with van der Waals surface area (Å²) in [5, 5.41) is 23.4. The maximum Gasteiger partial charge on any atom is 0.322 e. The number of nitrogens with zero attached hydrogens (tertiary/aromatic N) is 2. The van der Waals surface area contributed by atoms with Crippen LogP contribution < -0.4 is 5.32 Å². The molecule has 0 saturated carbocycles. The van der Waals surface area contributed by atoms with Gasteiger partial charge in [0.05, 0.1) is 4.92 Å². The second kappa shape index (κ2) is 5.98. The Kier molecular flexibility index (Phi) is 4.31. The van der Waals surface area contributed by atoms with Crippen LogP contribution in [0.25, 0.3) is 0 Å². The number of carbonyl (C=O) groups is 1. The summed E-state index contributed by atoms with van der Waals surface area (Å²) in [7, 11) is 0. The van der Waals surface area contributed by atoms with Crippen molar-refractivity contribution >= 4 is 11.7 Å². The van der Waals surface area contributed by atoms with Crippen LogP contribution in [0.15, 0.2) is 24.3 Å². The molecule has 1 heterocycles. The number of hydrogen-bond donors (Lipinski definition) is 2. The zero-order valence-electron chi connectivity index (χ0n) is 11.2. The number of benzene rings is 1. The largest absolute Gasteiger partial charge is 0.480 e. The van der Waals surface area contributed by atoms with Gasteiger partial charge in [0.2, 0.25) is 0 Å². The number of nitrogens with one attached hydrogen (secondary N) is 1. The van der Waals surface area contributed by atoms with Crippen molar-refractivity contribution in [2.75, 3.05) is 19.6 Å². The average Bonchev–Trinajstić information content (AvgIpc) is 2.46. The molecule has 20 heavy (non-hydrogen) atoms. The quantitative estimate of drug-likeness (QED) is 0.631. The first-order valence-electron chi connectivity index (χ1n) is 6.45. The van der Waals surface area contributed by atoms with Gasteiger partial charge in [-0.25, -0.2) is 0 Å². The van der Waals surface area contributed by atoms with E-state index in [9.17, 15) is 20.0 Å². The zero-order valence-corrected chi connectivity index (χ0v) is 11.2. The Morgan fingerprint density at radius 3 is 2.90 bits per heavy atom. The molecule has 2 N–H and O–H groups in total. The maximum absolute atomic E-state index is 11.3. The lowest BCUT2D eigenvalue weighted by Gasteiger charge is -2.37. The van der Waals surface area contributed by atoms with Crippen molar-refractivity contribution in [1.82, 2.24) is 10.2 Å². The van der Waals surface area contributed by atoms with E-state index in [1.165, 1.54) is 6.07 Å². The summed E-state index contributed by atoms with van der Waals surface area (Å²) >= 11 is 0. The number of aliphatic carboxylic acids is 1. The fourth-order valence-corrected chi connectivity index (χ4v) is 2.60. The molecule has 0 aromatic heterocycles. The molecular weight excluding hydrogens is 262 g/mol. The summed E-state index contributed by atoms with van der Waals surface area (Å²) in [5.41, 5.74) is 0.577. The number of nitro groups is 1. The molecule has 0 aliphatic carbocycles. The predicted octanol–water partition coefficient (Wildman–Crippen LogP) is 1.01. The van der Waals surface area contributed by atoms with Gasteiger partial charge in [0, 0.05) is 37.3 Å². The first kappa shape index (κ1) is 14.4. The van der Waals surface area contributed by atoms with Crippen LogP contribution in [0.3, 0.4) is 0 Å². The van der Waals surface area contributed by atoms with E-state index in [-0.39, 0.29) is 11.7 Å². The van der Waals surface area contributed by atoms with Gasteiger partial charge in [-0.05, 0) is 6.92 Å². The van der Waals surface area contributed by atoms with Gasteiger partial charge in [-0.3, -0.25) is 19.8 Å². The fraction of sp³-hybridized carbons (Fsp3) is 0.462. The number of rotatable bonds is 4. The number of carboxylic acids is 1. The highest BCUT2D eigenvalue weighted by Crippen LogP contribution is 2.30. The highest BCUT2D eigenvalue weighted by atomic mass is 16.6. The number of nitro benzene ring substituents is 1. The van der Waals surface area contributed by atoms with E-state index in [1.54, 1.807) is 23.1 Å². The van der Waals surface area contributed by atoms with Crippen LogP contribution in [0, 0.1) is 10.1 Å². The summed E-state index contributed by atoms with van der Waals surface area (Å²) in [6.07, 6.45) is 0. The third-order valence-electron chi connectivity index (χ3n) is 3.65. The van der Waals surface area contributed by atoms with Gasteiger partial charge < -0.3 is 10.4 Å². The van der Waals surface area contributed by atoms with Crippen molar-refractivity contribution in [3.8, 4) is 0 Å². The van der Waals surface area contributed by atoms with Gasteiger partial charge in [0.15, 0.2) is 0 Å². The second-order valence-corrected chi connectivity index (χ2v) is 4.79. The van der Waals surface area contributed by atoms with Crippen LogP contribution in [0.2, 0.25) is 0 Å². The van der Waals surface area contributed by atoms with E-state index in [4.69, 9.17) is 0 Å². The van der Waals surface area contributed by atoms with Crippen LogP contribution in [-0.2, 0) is 4.79 Å². The topological polar surface area (TPSA) is 95.7 Å². The average molecular weight is 279 g/mol. The Bertz CT molecular complexity index is 520. The SMILES string of the molecule is CC(c1ccccc1[N+](=O)[O-])N1CCNCC1C(=O)O. The fourth-order valence-electron chi connectivity index (χ4n) is 2.60. The lowest BCUT2D eigenvalue weighted by atomic mass is 10.0. The van der Waals surface area contributed by atoms with Crippen LogP contribution in [-0.4, -0.2) is 46.6 Å². The predicted molar refractivity (Wildman–Crippen MR) is 72.5 cm³/mol. The molecule has 1 aliphatic rings. The van der Waals surface area contributed by atoms with Crippen molar-refractivity contribution in [2.24, 2.45) is 0 Å². The molecule has 1 saturated heterocycles. The van der Waals surface area contributed by atoms with E-state index >= 15 is 0 Å². The highest BCUT2D eigenvalue weighted by molar-refractivity contribution is 5.74. The smallest absolute Gasteiger partial charge is 0.322 e. The first-order chi connectivity index (χ1) is 9.52. The summed E-state index contributed by atoms with van der Waals surface area (Å²) in [4.78, 5) is 23.8. The van der Waals surface area contributed by atoms with Crippen LogP contribution >= 0.6 is 0 Å². The number of carboxylic acid groups (broad SMARTS) is 1. The number of piperazine rings is 1. The number of hydrogen-bond acceptors (Lipinski definition) is 5. The standard InChI is InChI=1S/C13H17N3O4/c1-9(10-4-2-3-5-11(10)16(19)20)15-7-6-14-8-12(15)13(17)18/h2-5,9,12,14H,6-8H2,1H3,(H,17,18). The minimum Gasteiger partial charge on any atom is -0.480 e. The van der Waals surface area contributed by atoms with Crippen LogP contribution in [0.5, 0.6) is 0 Å². The van der Waals surface area contributed by atoms with Crippen molar-refractivity contribution in [3.05, 3.63) is 39.9 Å². The van der Waals surface area contributed by atoms with Gasteiger partial charge in [-0.15, -0.1) is 0 Å². The second-order valence-electron chi connectivity index (χ2n) is 4.79. The van der Waals surface area contributed by atoms with E-state index < -0.39 is 16.9 Å². The molecule has 2 atom stereocenters. The van der Waals surface area contributed by atoms with Crippen molar-refractivity contribution < 1.29 is 14.8 Å². The Balaban J connectivity index is 2.32. The molecular formula is C13H17N3O4. The van der Waals surface area contributed by atoms with Crippen LogP contribution in [0.4, 0.5) is 5.69 Å². The van der Waals surface area contributed by atoms with E-state index in [0.717, 1.165) is 0 Å². The molecule has 1 fully saturated rings. The minimum absolute atomic E-state index is 0.0303. The molecule has 0 bridgehead atoms. The summed E-state index contributed by atoms with van der Waals surface area (Å²) in [6.45, 7) is 3.38. The van der Waals surface area contributed by atoms with Crippen molar-refractivity contribution in [1.29, 1.82) is 0 Å². The highest BCUT2D eigenvalue weighted by Gasteiger charge is 2.34. The molecule has 1 aromatic rings. The third kappa shape index (κ3) is 2.78. The third-order valence-corrected chi connectivity index (χ3v) is 3.65. The maximum atomic E-state index is 11.3. The Morgan fingerprint density at radius 1 is 1.55 bits per heavy atom. The van der Waals surface area contributed by atoms with E-state index in [2.05, 4.69) is 5.32 Å². The Hall–Kier alpha value is -1.99. The minimum atomic E-state index is -0.914. The van der Waals surface area contributed by atoms with E-state index in [0.29, 0.717) is 25.2 Å². The number of para-hydroxylation sites is 1. The van der Waals surface area contributed by atoms with Gasteiger partial charge in [0.1, 0.15) is 6.04 Å². The normalized spacial score (nSPS) is 21.4. The molecule has 2 unspecified atom stereocenters. The zero-order chi connectivity index (χ0) is 14.7. The molecule has 0 amide bonds. The van der Waals surface area contributed by atoms with Gasteiger partial charge >= 0.3 is 5.97 Å². The van der Waals surface area contributed by atoms with E-state index in [1.807, 2.05) is 6.92 Å². The summed E-state index contributed by atoms with van der Waals surface area (Å²) in [6, 6.07) is 5.49. The molecule has 0 spiro atoms. The summed E-state index contributed by atoms with van der Waals surface area (Å²) in [5.74, 6) is -0.914. The molecule has 2 rings (SSSR count). The first-order valence-corrected chi connectivity index (χ1v) is 6.45. The lowest BCUT2D eigenvalue weighted by molar-refractivity contribution is -0.386. The van der Waals surface area contributed by atoms with Gasteiger partial charge in [0.25, 0.3) is 5.69 Å². The molecule has 1 aliphatic heterocycles. The molecule has 1 aromatic carbocycles. The van der Waals surface area contributed by atoms with Crippen molar-refractivity contribution in [3.63, 3.8) is 0 Å². The summed E-state index contributed by atoms with van der Waals surface area (Å²) < 4.78 is 0.